The van der Waals surface area contributed by atoms with Crippen LogP contribution in [0.4, 0.5) is 0 Å². The van der Waals surface area contributed by atoms with E-state index in [1.54, 1.807) is 24.9 Å². The second kappa shape index (κ2) is 3.73. The standard InChI is InChI=1S/C15H17NO3/c17-14(13-2-1-5-16-10-13)8-12-4-3-11(14)9-15(12)18-6-7-19-15/h1-2,5-7,10-12,17H,3-4,8-9H2. The van der Waals surface area contributed by atoms with Gasteiger partial charge in [-0.15, -0.1) is 0 Å². The smallest absolute Gasteiger partial charge is 0.253 e. The average Bonchev–Trinajstić information content (AvgIpc) is 2.90. The first kappa shape index (κ1) is 11.3. The zero-order valence-electron chi connectivity index (χ0n) is 10.7. The maximum Gasteiger partial charge on any atom is 0.253 e. The fourth-order valence-electron chi connectivity index (χ4n) is 4.02. The highest BCUT2D eigenvalue weighted by molar-refractivity contribution is 5.23. The largest absolute Gasteiger partial charge is 0.456 e. The van der Waals surface area contributed by atoms with Gasteiger partial charge < -0.3 is 14.6 Å². The number of ether oxygens (including phenoxy) is 2. The molecule has 3 atom stereocenters. The van der Waals surface area contributed by atoms with E-state index in [4.69, 9.17) is 9.47 Å². The summed E-state index contributed by atoms with van der Waals surface area (Å²) in [7, 11) is 0. The first-order chi connectivity index (χ1) is 9.23. The molecule has 3 unspecified atom stereocenters. The number of aromatic nitrogens is 1. The van der Waals surface area contributed by atoms with E-state index in [1.807, 2.05) is 12.1 Å². The maximum absolute atomic E-state index is 11.1. The number of aliphatic hydroxyl groups is 1. The highest BCUT2D eigenvalue weighted by atomic mass is 16.7. The van der Waals surface area contributed by atoms with Crippen molar-refractivity contribution in [1.82, 2.24) is 4.98 Å². The fraction of sp³-hybridized carbons (Fsp3) is 0.533. The second-order valence-electron chi connectivity index (χ2n) is 5.87. The van der Waals surface area contributed by atoms with E-state index >= 15 is 0 Å². The van der Waals surface area contributed by atoms with Gasteiger partial charge in [0.05, 0.1) is 5.60 Å². The number of rotatable bonds is 1. The molecule has 5 rings (SSSR count). The van der Waals surface area contributed by atoms with E-state index in [0.717, 1.165) is 24.8 Å². The predicted molar refractivity (Wildman–Crippen MR) is 67.6 cm³/mol. The normalized spacial score (nSPS) is 38.2. The Morgan fingerprint density at radius 3 is 2.58 bits per heavy atom. The zero-order chi connectivity index (χ0) is 12.9. The molecule has 3 saturated carbocycles. The van der Waals surface area contributed by atoms with E-state index < -0.39 is 11.4 Å². The third-order valence-corrected chi connectivity index (χ3v) is 5.00. The molecule has 1 spiro atoms. The lowest BCUT2D eigenvalue weighted by molar-refractivity contribution is -0.272. The van der Waals surface area contributed by atoms with Crippen molar-refractivity contribution in [2.75, 3.05) is 0 Å². The lowest BCUT2D eigenvalue weighted by atomic mass is 9.57. The first-order valence-electron chi connectivity index (χ1n) is 6.86. The number of pyridine rings is 1. The van der Waals surface area contributed by atoms with Crippen molar-refractivity contribution in [2.24, 2.45) is 11.8 Å². The summed E-state index contributed by atoms with van der Waals surface area (Å²) >= 11 is 0. The van der Waals surface area contributed by atoms with Crippen LogP contribution in [0, 0.1) is 11.8 Å². The molecule has 19 heavy (non-hydrogen) atoms. The molecule has 0 amide bonds. The van der Waals surface area contributed by atoms with Gasteiger partial charge in [-0.05, 0) is 31.2 Å². The van der Waals surface area contributed by atoms with Crippen molar-refractivity contribution in [2.45, 2.75) is 37.1 Å². The van der Waals surface area contributed by atoms with Gasteiger partial charge >= 0.3 is 0 Å². The minimum atomic E-state index is -0.780. The van der Waals surface area contributed by atoms with Gasteiger partial charge in [-0.1, -0.05) is 6.07 Å². The first-order valence-corrected chi connectivity index (χ1v) is 6.86. The second-order valence-corrected chi connectivity index (χ2v) is 5.87. The monoisotopic (exact) mass is 259 g/mol. The summed E-state index contributed by atoms with van der Waals surface area (Å²) in [5.74, 6) is -0.114. The highest BCUT2D eigenvalue weighted by Crippen LogP contribution is 2.58. The molecular formula is C15H17NO3. The maximum atomic E-state index is 11.1. The van der Waals surface area contributed by atoms with Gasteiger partial charge in [-0.25, -0.2) is 0 Å². The number of fused-ring (bicyclic) bond motifs is 2. The third kappa shape index (κ3) is 1.46. The Balaban J connectivity index is 1.68. The molecular weight excluding hydrogens is 242 g/mol. The highest BCUT2D eigenvalue weighted by Gasteiger charge is 2.61. The Morgan fingerprint density at radius 2 is 1.95 bits per heavy atom. The summed E-state index contributed by atoms with van der Waals surface area (Å²) in [6, 6.07) is 3.85. The summed E-state index contributed by atoms with van der Waals surface area (Å²) in [5.41, 5.74) is 0.142. The summed E-state index contributed by atoms with van der Waals surface area (Å²) in [6.45, 7) is 0. The van der Waals surface area contributed by atoms with E-state index in [-0.39, 0.29) is 11.8 Å². The quantitative estimate of drug-likeness (QED) is 0.840. The predicted octanol–water partition coefficient (Wildman–Crippen LogP) is 2.30. The van der Waals surface area contributed by atoms with Crippen molar-refractivity contribution >= 4 is 0 Å². The van der Waals surface area contributed by atoms with Crippen LogP contribution in [0.2, 0.25) is 0 Å². The van der Waals surface area contributed by atoms with Crippen molar-refractivity contribution in [3.63, 3.8) is 0 Å². The van der Waals surface area contributed by atoms with E-state index in [9.17, 15) is 5.11 Å². The van der Waals surface area contributed by atoms with E-state index in [2.05, 4.69) is 4.98 Å². The van der Waals surface area contributed by atoms with Crippen LogP contribution in [0.1, 0.15) is 31.2 Å². The lowest BCUT2D eigenvalue weighted by Gasteiger charge is -2.55. The minimum Gasteiger partial charge on any atom is -0.456 e. The van der Waals surface area contributed by atoms with Crippen molar-refractivity contribution in [3.8, 4) is 0 Å². The molecule has 1 aromatic rings. The van der Waals surface area contributed by atoms with Gasteiger partial charge in [-0.3, -0.25) is 4.98 Å². The van der Waals surface area contributed by atoms with Gasteiger partial charge in [0.1, 0.15) is 12.5 Å². The molecule has 100 valence electrons. The van der Waals surface area contributed by atoms with Crippen molar-refractivity contribution < 1.29 is 14.6 Å². The van der Waals surface area contributed by atoms with Crippen LogP contribution >= 0.6 is 0 Å². The van der Waals surface area contributed by atoms with Crippen LogP contribution in [0.3, 0.4) is 0 Å². The van der Waals surface area contributed by atoms with Crippen LogP contribution in [0.15, 0.2) is 37.1 Å². The summed E-state index contributed by atoms with van der Waals surface area (Å²) in [6.07, 6.45) is 10.3. The Hall–Kier alpha value is -1.55. The Labute approximate surface area is 112 Å². The third-order valence-electron chi connectivity index (χ3n) is 5.00. The number of hydrogen-bond donors (Lipinski definition) is 1. The summed E-state index contributed by atoms with van der Waals surface area (Å²) in [5, 5.41) is 11.1. The molecule has 4 heteroatoms. The van der Waals surface area contributed by atoms with Crippen LogP contribution in [0.25, 0.3) is 0 Å². The van der Waals surface area contributed by atoms with Crippen LogP contribution in [-0.2, 0) is 15.1 Å². The lowest BCUT2D eigenvalue weighted by Crippen LogP contribution is -2.57. The number of hydrogen-bond acceptors (Lipinski definition) is 4. The van der Waals surface area contributed by atoms with E-state index in [0.29, 0.717) is 6.42 Å². The van der Waals surface area contributed by atoms with Gasteiger partial charge in [0.2, 0.25) is 0 Å². The SMILES string of the molecule is OC1(c2cccnc2)CC2CCC1CC21OC=CO1. The van der Waals surface area contributed by atoms with Crippen molar-refractivity contribution in [3.05, 3.63) is 42.6 Å². The van der Waals surface area contributed by atoms with Crippen molar-refractivity contribution in [1.29, 1.82) is 0 Å². The molecule has 0 radical (unpaired) electrons. The van der Waals surface area contributed by atoms with E-state index in [1.165, 1.54) is 0 Å². The molecule has 2 bridgehead atoms. The van der Waals surface area contributed by atoms with Gasteiger partial charge in [0.15, 0.2) is 0 Å². The van der Waals surface area contributed by atoms with Crippen LogP contribution in [-0.4, -0.2) is 15.9 Å². The molecule has 1 aliphatic heterocycles. The molecule has 1 N–H and O–H groups in total. The fourth-order valence-corrected chi connectivity index (χ4v) is 4.02. The molecule has 2 heterocycles. The molecule has 0 saturated heterocycles. The topological polar surface area (TPSA) is 51.6 Å². The molecule has 3 fully saturated rings. The minimum absolute atomic E-state index is 0.168. The molecule has 4 nitrogen and oxygen atoms in total. The zero-order valence-corrected chi connectivity index (χ0v) is 10.7. The number of nitrogens with zero attached hydrogens (tertiary/aromatic N) is 1. The molecule has 4 aliphatic rings. The van der Waals surface area contributed by atoms with Crippen LogP contribution in [0.5, 0.6) is 0 Å². The average molecular weight is 259 g/mol. The molecule has 1 aromatic heterocycles. The Morgan fingerprint density at radius 1 is 1.16 bits per heavy atom. The van der Waals surface area contributed by atoms with Crippen LogP contribution < -0.4 is 0 Å². The summed E-state index contributed by atoms with van der Waals surface area (Å²) < 4.78 is 11.4. The van der Waals surface area contributed by atoms with Gasteiger partial charge in [0.25, 0.3) is 5.79 Å². The Bertz CT molecular complexity index is 507. The Kier molecular flexibility index (Phi) is 2.22. The molecule has 0 aromatic carbocycles. The van der Waals surface area contributed by atoms with Gasteiger partial charge in [-0.2, -0.15) is 0 Å². The summed E-state index contributed by atoms with van der Waals surface area (Å²) in [4.78, 5) is 4.14. The van der Waals surface area contributed by atoms with Gasteiger partial charge in [0, 0.05) is 30.3 Å². The molecule has 3 aliphatic carbocycles.